The lowest BCUT2D eigenvalue weighted by molar-refractivity contribution is -0.122. The van der Waals surface area contributed by atoms with Crippen molar-refractivity contribution in [3.8, 4) is 0 Å². The molecular formula is C14H22N4O2S. The molecule has 0 radical (unpaired) electrons. The van der Waals surface area contributed by atoms with Crippen LogP contribution in [0.4, 0.5) is 4.79 Å². The van der Waals surface area contributed by atoms with E-state index in [1.165, 1.54) is 4.88 Å². The first-order valence-corrected chi connectivity index (χ1v) is 8.08. The summed E-state index contributed by atoms with van der Waals surface area (Å²) in [5, 5.41) is 6.65. The molecule has 0 bridgehead atoms. The number of hydrogen-bond donors (Lipinski definition) is 2. The maximum Gasteiger partial charge on any atom is 0.317 e. The number of nitrogens with zero attached hydrogens (tertiary/aromatic N) is 2. The number of likely N-dealkylation sites (N-methyl/N-ethyl adjacent to an activating group) is 1. The molecule has 1 saturated heterocycles. The van der Waals surface area contributed by atoms with Crippen molar-refractivity contribution in [3.63, 3.8) is 0 Å². The van der Waals surface area contributed by atoms with Crippen LogP contribution in [0.1, 0.15) is 29.1 Å². The molecule has 3 amide bonds. The highest BCUT2D eigenvalue weighted by Gasteiger charge is 2.23. The number of aryl methyl sites for hydroxylation is 1. The van der Waals surface area contributed by atoms with E-state index in [-0.39, 0.29) is 11.9 Å². The van der Waals surface area contributed by atoms with E-state index in [1.54, 1.807) is 23.3 Å². The summed E-state index contributed by atoms with van der Waals surface area (Å²) in [7, 11) is 1.74. The molecule has 1 aromatic heterocycles. The van der Waals surface area contributed by atoms with Gasteiger partial charge in [-0.15, -0.1) is 11.3 Å². The minimum absolute atomic E-state index is 0.0789. The average Bonchev–Trinajstić information content (AvgIpc) is 2.77. The second kappa shape index (κ2) is 7.40. The molecule has 2 heterocycles. The van der Waals surface area contributed by atoms with Crippen LogP contribution in [-0.4, -0.2) is 48.0 Å². The predicted molar refractivity (Wildman–Crippen MR) is 82.4 cm³/mol. The molecule has 1 aliphatic rings. The van der Waals surface area contributed by atoms with Crippen LogP contribution < -0.4 is 10.6 Å². The number of carbonyl (C=O) groups is 2. The first kappa shape index (κ1) is 15.8. The van der Waals surface area contributed by atoms with Crippen molar-refractivity contribution in [3.05, 3.63) is 16.1 Å². The van der Waals surface area contributed by atoms with Gasteiger partial charge in [0.05, 0.1) is 5.01 Å². The largest absolute Gasteiger partial charge is 0.354 e. The molecule has 1 aliphatic heterocycles. The Morgan fingerprint density at radius 1 is 1.57 bits per heavy atom. The highest BCUT2D eigenvalue weighted by atomic mass is 32.1. The summed E-state index contributed by atoms with van der Waals surface area (Å²) in [6.07, 6.45) is 5.20. The molecule has 116 valence electrons. The third-order valence-corrected chi connectivity index (χ3v) is 4.48. The third-order valence-electron chi connectivity index (χ3n) is 3.51. The van der Waals surface area contributed by atoms with Crippen LogP contribution in [0.5, 0.6) is 0 Å². The Morgan fingerprint density at radius 3 is 3.10 bits per heavy atom. The molecule has 21 heavy (non-hydrogen) atoms. The number of amides is 3. The van der Waals surface area contributed by atoms with Gasteiger partial charge in [0.1, 0.15) is 6.04 Å². The molecular weight excluding hydrogens is 288 g/mol. The average molecular weight is 310 g/mol. The second-order valence-corrected chi connectivity index (χ2v) is 6.64. The number of thiazole rings is 1. The van der Waals surface area contributed by atoms with Gasteiger partial charge in [-0.05, 0) is 26.2 Å². The van der Waals surface area contributed by atoms with Gasteiger partial charge in [-0.2, -0.15) is 0 Å². The Labute approximate surface area is 128 Å². The zero-order valence-corrected chi connectivity index (χ0v) is 13.3. The van der Waals surface area contributed by atoms with Crippen LogP contribution in [0.2, 0.25) is 0 Å². The lowest BCUT2D eigenvalue weighted by Gasteiger charge is -2.21. The van der Waals surface area contributed by atoms with E-state index in [0.29, 0.717) is 19.5 Å². The van der Waals surface area contributed by atoms with Crippen LogP contribution in [0.15, 0.2) is 6.20 Å². The van der Waals surface area contributed by atoms with Crippen molar-refractivity contribution in [1.82, 2.24) is 20.5 Å². The summed E-state index contributed by atoms with van der Waals surface area (Å²) in [6, 6.07) is -0.616. The number of hydrogen-bond acceptors (Lipinski definition) is 4. The lowest BCUT2D eigenvalue weighted by atomic mass is 10.1. The summed E-state index contributed by atoms with van der Waals surface area (Å²) in [5.41, 5.74) is 0. The highest BCUT2D eigenvalue weighted by molar-refractivity contribution is 7.11. The fourth-order valence-electron chi connectivity index (χ4n) is 2.22. The zero-order chi connectivity index (χ0) is 15.2. The molecule has 1 fully saturated rings. The summed E-state index contributed by atoms with van der Waals surface area (Å²) < 4.78 is 0. The Hall–Kier alpha value is -1.63. The van der Waals surface area contributed by atoms with Gasteiger partial charge in [0, 0.05) is 37.6 Å². The SMILES string of the molecule is Cc1cnc(CCN(C)C(=O)NC2CCCCNC2=O)s1. The smallest absolute Gasteiger partial charge is 0.317 e. The Balaban J connectivity index is 1.80. The van der Waals surface area contributed by atoms with Gasteiger partial charge in [-0.1, -0.05) is 0 Å². The Bertz CT molecular complexity index is 503. The molecule has 0 aromatic carbocycles. The van der Waals surface area contributed by atoms with E-state index in [0.717, 1.165) is 24.3 Å². The first-order chi connectivity index (χ1) is 10.1. The van der Waals surface area contributed by atoms with Crippen LogP contribution in [0.3, 0.4) is 0 Å². The van der Waals surface area contributed by atoms with Gasteiger partial charge in [0.2, 0.25) is 5.91 Å². The molecule has 2 N–H and O–H groups in total. The van der Waals surface area contributed by atoms with Crippen molar-refractivity contribution in [2.75, 3.05) is 20.1 Å². The molecule has 0 spiro atoms. The quantitative estimate of drug-likeness (QED) is 0.880. The van der Waals surface area contributed by atoms with Gasteiger partial charge in [0.15, 0.2) is 0 Å². The van der Waals surface area contributed by atoms with E-state index in [9.17, 15) is 9.59 Å². The summed E-state index contributed by atoms with van der Waals surface area (Å²) in [4.78, 5) is 31.0. The zero-order valence-electron chi connectivity index (χ0n) is 12.5. The lowest BCUT2D eigenvalue weighted by Crippen LogP contribution is -2.49. The highest BCUT2D eigenvalue weighted by Crippen LogP contribution is 2.12. The topological polar surface area (TPSA) is 74.3 Å². The monoisotopic (exact) mass is 310 g/mol. The van der Waals surface area contributed by atoms with E-state index >= 15 is 0 Å². The number of rotatable bonds is 4. The van der Waals surface area contributed by atoms with Crippen molar-refractivity contribution >= 4 is 23.3 Å². The predicted octanol–water partition coefficient (Wildman–Crippen LogP) is 1.30. The van der Waals surface area contributed by atoms with Gasteiger partial charge >= 0.3 is 6.03 Å². The van der Waals surface area contributed by atoms with E-state index in [4.69, 9.17) is 0 Å². The summed E-state index contributed by atoms with van der Waals surface area (Å²) >= 11 is 1.65. The summed E-state index contributed by atoms with van der Waals surface area (Å²) in [6.45, 7) is 3.31. The van der Waals surface area contributed by atoms with Gasteiger partial charge in [0.25, 0.3) is 0 Å². The molecule has 1 unspecified atom stereocenters. The number of nitrogens with one attached hydrogen (secondary N) is 2. The minimum Gasteiger partial charge on any atom is -0.354 e. The molecule has 0 saturated carbocycles. The van der Waals surface area contributed by atoms with Gasteiger partial charge < -0.3 is 15.5 Å². The normalized spacial score (nSPS) is 18.8. The molecule has 0 aliphatic carbocycles. The molecule has 1 atom stereocenters. The molecule has 6 nitrogen and oxygen atoms in total. The second-order valence-electron chi connectivity index (χ2n) is 5.33. The Morgan fingerprint density at radius 2 is 2.38 bits per heavy atom. The van der Waals surface area contributed by atoms with Crippen molar-refractivity contribution < 1.29 is 9.59 Å². The molecule has 1 aromatic rings. The maximum absolute atomic E-state index is 12.1. The van der Waals surface area contributed by atoms with E-state index < -0.39 is 6.04 Å². The van der Waals surface area contributed by atoms with Crippen LogP contribution >= 0.6 is 11.3 Å². The first-order valence-electron chi connectivity index (χ1n) is 7.27. The van der Waals surface area contributed by atoms with Crippen LogP contribution in [-0.2, 0) is 11.2 Å². The van der Waals surface area contributed by atoms with E-state index in [1.807, 2.05) is 13.1 Å². The summed E-state index contributed by atoms with van der Waals surface area (Å²) in [5.74, 6) is -0.0789. The fraction of sp³-hybridized carbons (Fsp3) is 0.643. The number of aromatic nitrogens is 1. The fourth-order valence-corrected chi connectivity index (χ4v) is 2.99. The maximum atomic E-state index is 12.1. The van der Waals surface area contributed by atoms with Crippen molar-refractivity contribution in [2.45, 2.75) is 38.6 Å². The van der Waals surface area contributed by atoms with Crippen molar-refractivity contribution in [1.29, 1.82) is 0 Å². The third kappa shape index (κ3) is 4.70. The Kier molecular flexibility index (Phi) is 5.55. The van der Waals surface area contributed by atoms with Gasteiger partial charge in [-0.25, -0.2) is 9.78 Å². The molecule has 7 heteroatoms. The van der Waals surface area contributed by atoms with E-state index in [2.05, 4.69) is 15.6 Å². The standard InChI is InChI=1S/C14H22N4O2S/c1-10-9-16-12(21-10)6-8-18(2)14(20)17-11-5-3-4-7-15-13(11)19/h9,11H,3-8H2,1-2H3,(H,15,19)(H,17,20). The van der Waals surface area contributed by atoms with Crippen LogP contribution in [0.25, 0.3) is 0 Å². The van der Waals surface area contributed by atoms with Crippen molar-refractivity contribution in [2.24, 2.45) is 0 Å². The van der Waals surface area contributed by atoms with Crippen LogP contribution in [0, 0.1) is 6.92 Å². The van der Waals surface area contributed by atoms with Gasteiger partial charge in [-0.3, -0.25) is 4.79 Å². The molecule has 2 rings (SSSR count). The minimum atomic E-state index is -0.412. The number of urea groups is 1. The number of carbonyl (C=O) groups excluding carboxylic acids is 2.